The highest BCUT2D eigenvalue weighted by Crippen LogP contribution is 2.27. The lowest BCUT2D eigenvalue weighted by Crippen LogP contribution is -2.23. The highest BCUT2D eigenvalue weighted by Gasteiger charge is 2.16. The van der Waals surface area contributed by atoms with E-state index in [2.05, 4.69) is 17.9 Å². The summed E-state index contributed by atoms with van der Waals surface area (Å²) in [7, 11) is 0. The van der Waals surface area contributed by atoms with Gasteiger partial charge in [0.25, 0.3) is 0 Å². The summed E-state index contributed by atoms with van der Waals surface area (Å²) >= 11 is 7.15. The molecule has 1 aromatic carbocycles. The average molecular weight is 333 g/mol. The molecule has 2 aromatic rings. The highest BCUT2D eigenvalue weighted by atomic mass is 32.2. The van der Waals surface area contributed by atoms with Crippen LogP contribution in [-0.2, 0) is 5.75 Å². The van der Waals surface area contributed by atoms with E-state index in [-0.39, 0.29) is 5.63 Å². The summed E-state index contributed by atoms with van der Waals surface area (Å²) in [6.07, 6.45) is 2.44. The van der Waals surface area contributed by atoms with Gasteiger partial charge < -0.3 is 9.32 Å². The quantitative estimate of drug-likeness (QED) is 0.612. The molecule has 0 spiro atoms. The first-order valence-electron chi connectivity index (χ1n) is 7.50. The first kappa shape index (κ1) is 15.6. The number of benzene rings is 1. The van der Waals surface area contributed by atoms with Crippen LogP contribution in [0.4, 0.5) is 0 Å². The van der Waals surface area contributed by atoms with Gasteiger partial charge >= 0.3 is 5.63 Å². The number of thiocarbonyl (C=S) groups is 1. The highest BCUT2D eigenvalue weighted by molar-refractivity contribution is 8.22. The molecule has 0 N–H and O–H groups in total. The Morgan fingerprint density at radius 2 is 2.00 bits per heavy atom. The SMILES string of the molecule is Cc1cc(C)c2c(CSC(=S)N3CCCC3)cc(=O)oc2c1. The second-order valence-corrected chi connectivity index (χ2v) is 7.40. The molecule has 1 aliphatic rings. The van der Waals surface area contributed by atoms with Crippen molar-refractivity contribution in [2.24, 2.45) is 0 Å². The molecule has 1 aliphatic heterocycles. The van der Waals surface area contributed by atoms with Crippen LogP contribution in [0.15, 0.2) is 27.4 Å². The number of nitrogens with zero attached hydrogens (tertiary/aromatic N) is 1. The van der Waals surface area contributed by atoms with E-state index in [1.54, 1.807) is 17.8 Å². The predicted octanol–water partition coefficient (Wildman–Crippen LogP) is 4.02. The van der Waals surface area contributed by atoms with Crippen molar-refractivity contribution in [3.63, 3.8) is 0 Å². The molecule has 3 nitrogen and oxygen atoms in total. The molecule has 0 amide bonds. The van der Waals surface area contributed by atoms with Gasteiger partial charge in [-0.05, 0) is 49.4 Å². The van der Waals surface area contributed by atoms with Crippen molar-refractivity contribution in [1.82, 2.24) is 4.90 Å². The first-order chi connectivity index (χ1) is 10.5. The van der Waals surface area contributed by atoms with Gasteiger partial charge in [-0.25, -0.2) is 4.79 Å². The van der Waals surface area contributed by atoms with E-state index >= 15 is 0 Å². The minimum absolute atomic E-state index is 0.291. The Hall–Kier alpha value is -1.33. The third kappa shape index (κ3) is 3.20. The normalized spacial score (nSPS) is 14.7. The van der Waals surface area contributed by atoms with Crippen molar-refractivity contribution < 1.29 is 4.42 Å². The van der Waals surface area contributed by atoms with Gasteiger partial charge in [0.15, 0.2) is 0 Å². The monoisotopic (exact) mass is 333 g/mol. The lowest BCUT2D eigenvalue weighted by Gasteiger charge is -2.18. The molecule has 0 bridgehead atoms. The number of hydrogen-bond donors (Lipinski definition) is 0. The summed E-state index contributed by atoms with van der Waals surface area (Å²) in [5, 5.41) is 1.04. The van der Waals surface area contributed by atoms with Gasteiger partial charge in [-0.1, -0.05) is 30.0 Å². The number of aryl methyl sites for hydroxylation is 2. The minimum atomic E-state index is -0.291. The van der Waals surface area contributed by atoms with Gasteiger partial charge in [0.05, 0.1) is 0 Å². The van der Waals surface area contributed by atoms with Gasteiger partial charge in [0.1, 0.15) is 9.90 Å². The molecule has 0 aliphatic carbocycles. The van der Waals surface area contributed by atoms with Crippen LogP contribution in [0.1, 0.15) is 29.5 Å². The van der Waals surface area contributed by atoms with E-state index in [9.17, 15) is 4.79 Å². The van der Waals surface area contributed by atoms with Gasteiger partial charge in [0, 0.05) is 30.3 Å². The maximum absolute atomic E-state index is 11.8. The van der Waals surface area contributed by atoms with E-state index in [1.807, 2.05) is 13.0 Å². The fourth-order valence-electron chi connectivity index (χ4n) is 3.02. The molecule has 0 saturated carbocycles. The molecule has 1 saturated heterocycles. The predicted molar refractivity (Wildman–Crippen MR) is 96.7 cm³/mol. The van der Waals surface area contributed by atoms with Crippen LogP contribution in [0, 0.1) is 13.8 Å². The topological polar surface area (TPSA) is 33.5 Å². The standard InChI is InChI=1S/C17H19NO2S2/c1-11-7-12(2)16-13(9-15(19)20-14(16)8-11)10-22-17(21)18-5-3-4-6-18/h7-9H,3-6,10H2,1-2H3. The molecular weight excluding hydrogens is 314 g/mol. The molecule has 3 rings (SSSR count). The summed E-state index contributed by atoms with van der Waals surface area (Å²) in [5.41, 5.74) is 3.63. The zero-order chi connectivity index (χ0) is 15.7. The Balaban J connectivity index is 1.89. The summed E-state index contributed by atoms with van der Waals surface area (Å²) in [6.45, 7) is 6.18. The fourth-order valence-corrected chi connectivity index (χ4v) is 4.25. The van der Waals surface area contributed by atoms with Crippen LogP contribution >= 0.6 is 24.0 Å². The molecule has 0 unspecified atom stereocenters. The Bertz CT molecular complexity index is 776. The molecule has 1 aromatic heterocycles. The van der Waals surface area contributed by atoms with Crippen molar-refractivity contribution >= 4 is 39.3 Å². The number of fused-ring (bicyclic) bond motifs is 1. The van der Waals surface area contributed by atoms with Crippen LogP contribution < -0.4 is 5.63 Å². The van der Waals surface area contributed by atoms with Gasteiger partial charge in [-0.2, -0.15) is 0 Å². The van der Waals surface area contributed by atoms with E-state index in [1.165, 1.54) is 12.8 Å². The van der Waals surface area contributed by atoms with E-state index in [0.29, 0.717) is 11.3 Å². The van der Waals surface area contributed by atoms with Crippen LogP contribution in [0.3, 0.4) is 0 Å². The maximum atomic E-state index is 11.8. The van der Waals surface area contributed by atoms with Gasteiger partial charge in [0.2, 0.25) is 0 Å². The van der Waals surface area contributed by atoms with Crippen molar-refractivity contribution in [3.05, 3.63) is 45.3 Å². The summed E-state index contributed by atoms with van der Waals surface area (Å²) in [6, 6.07) is 5.65. The van der Waals surface area contributed by atoms with E-state index in [4.69, 9.17) is 16.6 Å². The number of hydrogen-bond acceptors (Lipinski definition) is 4. The Labute approximate surface area is 139 Å². The van der Waals surface area contributed by atoms with E-state index in [0.717, 1.165) is 39.5 Å². The molecule has 0 atom stereocenters. The number of likely N-dealkylation sites (tertiary alicyclic amines) is 1. The molecule has 2 heterocycles. The number of thioether (sulfide) groups is 1. The Kier molecular flexibility index (Phi) is 4.54. The lowest BCUT2D eigenvalue weighted by atomic mass is 10.0. The summed E-state index contributed by atoms with van der Waals surface area (Å²) < 4.78 is 6.30. The van der Waals surface area contributed by atoms with Crippen molar-refractivity contribution in [1.29, 1.82) is 0 Å². The van der Waals surface area contributed by atoms with Crippen LogP contribution in [0.25, 0.3) is 11.0 Å². The maximum Gasteiger partial charge on any atom is 0.336 e. The average Bonchev–Trinajstić information content (AvgIpc) is 2.97. The van der Waals surface area contributed by atoms with Crippen LogP contribution in [0.5, 0.6) is 0 Å². The van der Waals surface area contributed by atoms with E-state index < -0.39 is 0 Å². The molecule has 0 radical (unpaired) electrons. The zero-order valence-electron chi connectivity index (χ0n) is 12.8. The summed E-state index contributed by atoms with van der Waals surface area (Å²) in [5.74, 6) is 0.710. The second kappa shape index (κ2) is 6.42. The number of rotatable bonds is 2. The van der Waals surface area contributed by atoms with Crippen molar-refractivity contribution in [2.45, 2.75) is 32.4 Å². The zero-order valence-corrected chi connectivity index (χ0v) is 14.5. The van der Waals surface area contributed by atoms with Crippen LogP contribution in [-0.4, -0.2) is 22.3 Å². The molecular formula is C17H19NO2S2. The smallest absolute Gasteiger partial charge is 0.336 e. The van der Waals surface area contributed by atoms with Gasteiger partial charge in [-0.15, -0.1) is 0 Å². The molecule has 1 fully saturated rings. The second-order valence-electron chi connectivity index (χ2n) is 5.79. The summed E-state index contributed by atoms with van der Waals surface area (Å²) in [4.78, 5) is 14.1. The largest absolute Gasteiger partial charge is 0.423 e. The lowest BCUT2D eigenvalue weighted by molar-refractivity contribution is 0.539. The molecule has 22 heavy (non-hydrogen) atoms. The molecule has 116 valence electrons. The Morgan fingerprint density at radius 3 is 2.73 bits per heavy atom. The van der Waals surface area contributed by atoms with Crippen molar-refractivity contribution in [3.8, 4) is 0 Å². The van der Waals surface area contributed by atoms with Gasteiger partial charge in [-0.3, -0.25) is 0 Å². The molecule has 5 heteroatoms. The van der Waals surface area contributed by atoms with Crippen molar-refractivity contribution in [2.75, 3.05) is 13.1 Å². The Morgan fingerprint density at radius 1 is 1.27 bits per heavy atom. The first-order valence-corrected chi connectivity index (χ1v) is 8.89. The third-order valence-corrected chi connectivity index (χ3v) is 5.56. The van der Waals surface area contributed by atoms with Crippen LogP contribution in [0.2, 0.25) is 0 Å². The minimum Gasteiger partial charge on any atom is -0.423 e. The third-order valence-electron chi connectivity index (χ3n) is 3.98. The fraction of sp³-hybridized carbons (Fsp3) is 0.412.